The van der Waals surface area contributed by atoms with Crippen molar-refractivity contribution in [2.45, 2.75) is 19.4 Å². The minimum Gasteiger partial charge on any atom is -0.508 e. The summed E-state index contributed by atoms with van der Waals surface area (Å²) in [5.41, 5.74) is 0.856. The maximum Gasteiger partial charge on any atom is 0.307 e. The van der Waals surface area contributed by atoms with E-state index in [9.17, 15) is 14.7 Å². The maximum absolute atomic E-state index is 12.1. The third-order valence-corrected chi connectivity index (χ3v) is 3.49. The number of carbonyl (C=O) groups excluding carboxylic acids is 1. The van der Waals surface area contributed by atoms with Gasteiger partial charge in [-0.3, -0.25) is 9.59 Å². The smallest absolute Gasteiger partial charge is 0.307 e. The van der Waals surface area contributed by atoms with E-state index in [1.54, 1.807) is 24.3 Å². The summed E-state index contributed by atoms with van der Waals surface area (Å²) in [6.45, 7) is 0.325. The van der Waals surface area contributed by atoms with Crippen molar-refractivity contribution in [2.75, 3.05) is 0 Å². The van der Waals surface area contributed by atoms with Crippen LogP contribution in [-0.2, 0) is 16.1 Å². The van der Waals surface area contributed by atoms with Crippen molar-refractivity contribution in [3.8, 4) is 5.75 Å². The molecule has 1 aliphatic rings. The molecule has 0 bridgehead atoms. The lowest BCUT2D eigenvalue weighted by Gasteiger charge is -2.24. The summed E-state index contributed by atoms with van der Waals surface area (Å²) in [4.78, 5) is 23.2. The van der Waals surface area contributed by atoms with Crippen molar-refractivity contribution in [3.63, 3.8) is 0 Å². The van der Waals surface area contributed by atoms with Crippen LogP contribution in [0.3, 0.4) is 0 Å². The Balaban J connectivity index is 1.95. The Morgan fingerprint density at radius 3 is 2.30 bits per heavy atom. The Morgan fingerprint density at radius 2 is 1.70 bits per heavy atom. The van der Waals surface area contributed by atoms with Crippen molar-refractivity contribution < 1.29 is 19.8 Å². The molecular formula is C15H17NO4. The van der Waals surface area contributed by atoms with Crippen molar-refractivity contribution in [2.24, 2.45) is 11.8 Å². The number of hydrogen-bond donors (Lipinski definition) is 3. The van der Waals surface area contributed by atoms with Crippen molar-refractivity contribution in [3.05, 3.63) is 42.0 Å². The molecule has 0 saturated carbocycles. The fraction of sp³-hybridized carbons (Fsp3) is 0.333. The van der Waals surface area contributed by atoms with Crippen LogP contribution in [0.2, 0.25) is 0 Å². The van der Waals surface area contributed by atoms with Gasteiger partial charge in [0.15, 0.2) is 0 Å². The first kappa shape index (κ1) is 14.1. The molecule has 1 amide bonds. The van der Waals surface area contributed by atoms with Gasteiger partial charge in [-0.25, -0.2) is 0 Å². The SMILES string of the molecule is O=C(O)C1CC=CCC1C(=O)NCc1ccc(O)cc1. The lowest BCUT2D eigenvalue weighted by molar-refractivity contribution is -0.147. The standard InChI is InChI=1S/C15H17NO4/c17-11-7-5-10(6-8-11)9-16-14(18)12-3-1-2-4-13(12)15(19)20/h1-2,5-8,12-13,17H,3-4,9H2,(H,16,18)(H,19,20). The van der Waals surface area contributed by atoms with Crippen LogP contribution in [0.1, 0.15) is 18.4 Å². The van der Waals surface area contributed by atoms with E-state index in [4.69, 9.17) is 5.11 Å². The average Bonchev–Trinajstić information content (AvgIpc) is 2.46. The number of carbonyl (C=O) groups is 2. The number of amides is 1. The van der Waals surface area contributed by atoms with E-state index in [2.05, 4.69) is 5.32 Å². The van der Waals surface area contributed by atoms with Crippen LogP contribution in [-0.4, -0.2) is 22.1 Å². The minimum absolute atomic E-state index is 0.170. The van der Waals surface area contributed by atoms with E-state index in [1.807, 2.05) is 12.2 Å². The molecule has 0 aliphatic heterocycles. The number of allylic oxidation sites excluding steroid dienone is 2. The number of phenolic OH excluding ortho intramolecular Hbond substituents is 1. The summed E-state index contributed by atoms with van der Waals surface area (Å²) >= 11 is 0. The number of hydrogen-bond acceptors (Lipinski definition) is 3. The molecule has 3 N–H and O–H groups in total. The normalized spacial score (nSPS) is 21.4. The van der Waals surface area contributed by atoms with Crippen LogP contribution >= 0.6 is 0 Å². The van der Waals surface area contributed by atoms with E-state index >= 15 is 0 Å². The third kappa shape index (κ3) is 3.38. The molecule has 2 unspecified atom stereocenters. The molecular weight excluding hydrogens is 258 g/mol. The molecule has 0 aromatic heterocycles. The highest BCUT2D eigenvalue weighted by Crippen LogP contribution is 2.26. The quantitative estimate of drug-likeness (QED) is 0.730. The molecule has 1 aromatic rings. The van der Waals surface area contributed by atoms with Gasteiger partial charge in [-0.05, 0) is 30.5 Å². The fourth-order valence-electron chi connectivity index (χ4n) is 2.31. The molecule has 0 radical (unpaired) electrons. The van der Waals surface area contributed by atoms with Gasteiger partial charge in [-0.1, -0.05) is 24.3 Å². The Morgan fingerprint density at radius 1 is 1.10 bits per heavy atom. The summed E-state index contributed by atoms with van der Waals surface area (Å²) in [6, 6.07) is 6.52. The highest BCUT2D eigenvalue weighted by molar-refractivity contribution is 5.85. The zero-order valence-electron chi connectivity index (χ0n) is 11.0. The molecule has 1 aromatic carbocycles. The molecule has 1 aliphatic carbocycles. The largest absolute Gasteiger partial charge is 0.508 e. The molecule has 2 atom stereocenters. The number of benzene rings is 1. The molecule has 0 saturated heterocycles. The molecule has 20 heavy (non-hydrogen) atoms. The van der Waals surface area contributed by atoms with Gasteiger partial charge >= 0.3 is 5.97 Å². The number of carboxylic acid groups (broad SMARTS) is 1. The molecule has 2 rings (SSSR count). The van der Waals surface area contributed by atoms with Crippen LogP contribution in [0.5, 0.6) is 5.75 Å². The number of rotatable bonds is 4. The van der Waals surface area contributed by atoms with Gasteiger partial charge in [-0.15, -0.1) is 0 Å². The summed E-state index contributed by atoms with van der Waals surface area (Å²) in [5, 5.41) is 21.1. The first-order valence-electron chi connectivity index (χ1n) is 6.51. The fourth-order valence-corrected chi connectivity index (χ4v) is 2.31. The summed E-state index contributed by atoms with van der Waals surface area (Å²) in [6.07, 6.45) is 4.51. The highest BCUT2D eigenvalue weighted by Gasteiger charge is 2.33. The Bertz CT molecular complexity index is 521. The number of nitrogens with one attached hydrogen (secondary N) is 1. The van der Waals surface area contributed by atoms with Gasteiger partial charge in [0, 0.05) is 6.54 Å². The molecule has 5 heteroatoms. The number of phenols is 1. The van der Waals surface area contributed by atoms with Crippen molar-refractivity contribution in [1.82, 2.24) is 5.32 Å². The number of aromatic hydroxyl groups is 1. The molecule has 0 fully saturated rings. The van der Waals surface area contributed by atoms with Crippen LogP contribution in [0.4, 0.5) is 0 Å². The summed E-state index contributed by atoms with van der Waals surface area (Å²) in [7, 11) is 0. The first-order chi connectivity index (χ1) is 9.58. The van der Waals surface area contributed by atoms with Crippen molar-refractivity contribution >= 4 is 11.9 Å². The molecule has 0 spiro atoms. The van der Waals surface area contributed by atoms with Gasteiger partial charge in [0.1, 0.15) is 5.75 Å². The van der Waals surface area contributed by atoms with Gasteiger partial charge in [0.2, 0.25) is 5.91 Å². The Hall–Kier alpha value is -2.30. The number of carboxylic acids is 1. The summed E-state index contributed by atoms with van der Waals surface area (Å²) < 4.78 is 0. The second-order valence-electron chi connectivity index (χ2n) is 4.88. The van der Waals surface area contributed by atoms with Gasteiger partial charge in [0.25, 0.3) is 0 Å². The second-order valence-corrected chi connectivity index (χ2v) is 4.88. The van der Waals surface area contributed by atoms with Crippen LogP contribution < -0.4 is 5.32 Å². The van der Waals surface area contributed by atoms with Crippen LogP contribution in [0.15, 0.2) is 36.4 Å². The van der Waals surface area contributed by atoms with Crippen molar-refractivity contribution in [1.29, 1.82) is 0 Å². The molecule has 5 nitrogen and oxygen atoms in total. The lowest BCUT2D eigenvalue weighted by Crippen LogP contribution is -2.38. The summed E-state index contributed by atoms with van der Waals surface area (Å²) in [5.74, 6) is -2.17. The minimum atomic E-state index is -0.931. The predicted octanol–water partition coefficient (Wildman–Crippen LogP) is 1.68. The van der Waals surface area contributed by atoms with E-state index in [1.165, 1.54) is 0 Å². The highest BCUT2D eigenvalue weighted by atomic mass is 16.4. The lowest BCUT2D eigenvalue weighted by atomic mass is 9.82. The zero-order chi connectivity index (χ0) is 14.5. The van der Waals surface area contributed by atoms with E-state index in [0.717, 1.165) is 5.56 Å². The third-order valence-electron chi connectivity index (χ3n) is 3.49. The van der Waals surface area contributed by atoms with Crippen LogP contribution in [0.25, 0.3) is 0 Å². The zero-order valence-corrected chi connectivity index (χ0v) is 11.0. The monoisotopic (exact) mass is 275 g/mol. The number of aliphatic carboxylic acids is 1. The molecule has 106 valence electrons. The van der Waals surface area contributed by atoms with E-state index in [-0.39, 0.29) is 11.7 Å². The van der Waals surface area contributed by atoms with Gasteiger partial charge in [-0.2, -0.15) is 0 Å². The Kier molecular flexibility index (Phi) is 4.40. The van der Waals surface area contributed by atoms with Crippen LogP contribution in [0, 0.1) is 11.8 Å². The second kappa shape index (κ2) is 6.23. The maximum atomic E-state index is 12.1. The van der Waals surface area contributed by atoms with E-state index in [0.29, 0.717) is 19.4 Å². The first-order valence-corrected chi connectivity index (χ1v) is 6.51. The van der Waals surface area contributed by atoms with Gasteiger partial charge < -0.3 is 15.5 Å². The van der Waals surface area contributed by atoms with E-state index < -0.39 is 17.8 Å². The topological polar surface area (TPSA) is 86.6 Å². The Labute approximate surface area is 116 Å². The van der Waals surface area contributed by atoms with Gasteiger partial charge in [0.05, 0.1) is 11.8 Å². The average molecular weight is 275 g/mol. The predicted molar refractivity (Wildman–Crippen MR) is 72.9 cm³/mol. The molecule has 0 heterocycles.